The van der Waals surface area contributed by atoms with Crippen LogP contribution in [-0.4, -0.2) is 43.7 Å². The van der Waals surface area contributed by atoms with Gasteiger partial charge in [-0.3, -0.25) is 14.3 Å². The maximum Gasteiger partial charge on any atom is 0.439 e. The predicted octanol–water partition coefficient (Wildman–Crippen LogP) is 1.74. The van der Waals surface area contributed by atoms with Crippen molar-refractivity contribution in [2.24, 2.45) is 0 Å². The quantitative estimate of drug-likeness (QED) is 0.503. The molecule has 2 aromatic carbocycles. The van der Waals surface area contributed by atoms with Crippen molar-refractivity contribution in [1.29, 1.82) is 0 Å². The summed E-state index contributed by atoms with van der Waals surface area (Å²) in [5.74, 6) is -0.941. The Morgan fingerprint density at radius 3 is 2.77 bits per heavy atom. The molecule has 31 heavy (non-hydrogen) atoms. The molecule has 1 fully saturated rings. The molecule has 0 spiro atoms. The van der Waals surface area contributed by atoms with Crippen molar-refractivity contribution in [1.82, 2.24) is 14.9 Å². The number of H-pyrrole nitrogens is 1. The highest BCUT2D eigenvalue weighted by Gasteiger charge is 2.21. The molecule has 2 heterocycles. The van der Waals surface area contributed by atoms with Crippen molar-refractivity contribution >= 4 is 21.6 Å². The van der Waals surface area contributed by atoms with Gasteiger partial charge in [0, 0.05) is 30.0 Å². The van der Waals surface area contributed by atoms with E-state index in [2.05, 4.69) is 24.7 Å². The summed E-state index contributed by atoms with van der Waals surface area (Å²) in [7, 11) is -3.78. The molecule has 1 saturated heterocycles. The van der Waals surface area contributed by atoms with Gasteiger partial charge in [0.15, 0.2) is 5.82 Å². The third-order valence-corrected chi connectivity index (χ3v) is 6.19. The lowest BCUT2D eigenvalue weighted by Crippen LogP contribution is -2.32. The number of carbonyl (C=O) groups excluding carboxylic acids is 1. The monoisotopic (exact) mass is 444 g/mol. The van der Waals surface area contributed by atoms with E-state index in [4.69, 9.17) is 4.74 Å². The summed E-state index contributed by atoms with van der Waals surface area (Å²) in [6, 6.07) is 12.4. The third-order valence-electron chi connectivity index (χ3n) is 4.77. The number of hydrogen-bond donors (Lipinski definition) is 3. The number of nitrogens with one attached hydrogen (secondary N) is 3. The molecule has 3 N–H and O–H groups in total. The van der Waals surface area contributed by atoms with Gasteiger partial charge in [-0.15, -0.1) is 0 Å². The highest BCUT2D eigenvalue weighted by atomic mass is 32.2. The topological polar surface area (TPSA) is 143 Å². The zero-order valence-corrected chi connectivity index (χ0v) is 17.1. The molecule has 4 rings (SSSR count). The summed E-state index contributed by atoms with van der Waals surface area (Å²) in [5.41, 5.74) is 1.16. The first-order valence-electron chi connectivity index (χ1n) is 9.60. The standard InChI is InChI=1S/C20H20N4O6S/c25-19(22-15-6-1-4-13(10-15)18-23-20(26)30-24-18)14-5-2-8-17(11-14)31(27,28)21-12-16-7-3-9-29-16/h1-2,4-6,8,10-11,16,21H,3,7,9,12H2,(H,22,25)(H,23,24,26). The van der Waals surface area contributed by atoms with Crippen LogP contribution in [0.1, 0.15) is 23.2 Å². The number of aromatic nitrogens is 2. The highest BCUT2D eigenvalue weighted by Crippen LogP contribution is 2.20. The molecule has 162 valence electrons. The van der Waals surface area contributed by atoms with Crippen molar-refractivity contribution in [2.45, 2.75) is 23.8 Å². The van der Waals surface area contributed by atoms with E-state index in [-0.39, 0.29) is 28.9 Å². The maximum absolute atomic E-state index is 12.7. The molecule has 1 aromatic heterocycles. The first-order chi connectivity index (χ1) is 14.9. The number of amides is 1. The van der Waals surface area contributed by atoms with Gasteiger partial charge in [-0.1, -0.05) is 23.4 Å². The Bertz CT molecular complexity index is 1240. The number of benzene rings is 2. The molecule has 0 aliphatic carbocycles. The Kier molecular flexibility index (Phi) is 5.98. The van der Waals surface area contributed by atoms with Crippen molar-refractivity contribution in [2.75, 3.05) is 18.5 Å². The number of sulfonamides is 1. The summed E-state index contributed by atoms with van der Waals surface area (Å²) >= 11 is 0. The Balaban J connectivity index is 1.47. The predicted molar refractivity (Wildman–Crippen MR) is 111 cm³/mol. The van der Waals surface area contributed by atoms with Gasteiger partial charge in [0.05, 0.1) is 11.0 Å². The van der Waals surface area contributed by atoms with Crippen LogP contribution in [0.3, 0.4) is 0 Å². The molecule has 1 aliphatic heterocycles. The number of rotatable bonds is 7. The van der Waals surface area contributed by atoms with E-state index in [1.54, 1.807) is 24.3 Å². The van der Waals surface area contributed by atoms with Gasteiger partial charge >= 0.3 is 5.76 Å². The molecule has 1 amide bonds. The van der Waals surface area contributed by atoms with Gasteiger partial charge in [0.25, 0.3) is 5.91 Å². The lowest BCUT2D eigenvalue weighted by Gasteiger charge is -2.12. The second-order valence-corrected chi connectivity index (χ2v) is 8.76. The average Bonchev–Trinajstić information content (AvgIpc) is 3.44. The minimum Gasteiger partial charge on any atom is -0.377 e. The number of nitrogens with zero attached hydrogens (tertiary/aromatic N) is 1. The van der Waals surface area contributed by atoms with Crippen LogP contribution in [0, 0.1) is 0 Å². The largest absolute Gasteiger partial charge is 0.439 e. The lowest BCUT2D eigenvalue weighted by atomic mass is 10.1. The number of carbonyl (C=O) groups is 1. The minimum absolute atomic E-state index is 0.00734. The zero-order chi connectivity index (χ0) is 21.8. The smallest absolute Gasteiger partial charge is 0.377 e. The molecule has 11 heteroatoms. The van der Waals surface area contributed by atoms with Gasteiger partial charge < -0.3 is 10.1 Å². The number of aromatic amines is 1. The maximum atomic E-state index is 12.7. The van der Waals surface area contributed by atoms with Crippen LogP contribution in [0.15, 0.2) is 62.7 Å². The van der Waals surface area contributed by atoms with Crippen molar-refractivity contribution in [3.8, 4) is 11.4 Å². The van der Waals surface area contributed by atoms with Gasteiger partial charge in [-0.25, -0.2) is 17.9 Å². The van der Waals surface area contributed by atoms with Crippen molar-refractivity contribution < 1.29 is 22.5 Å². The van der Waals surface area contributed by atoms with Crippen LogP contribution < -0.4 is 15.8 Å². The van der Waals surface area contributed by atoms with Crippen molar-refractivity contribution in [3.05, 3.63) is 64.6 Å². The fraction of sp³-hybridized carbons (Fsp3) is 0.250. The van der Waals surface area contributed by atoms with Gasteiger partial charge in [0.1, 0.15) is 0 Å². The van der Waals surface area contributed by atoms with Crippen LogP contribution in [0.2, 0.25) is 0 Å². The lowest BCUT2D eigenvalue weighted by molar-refractivity contribution is 0.102. The normalized spacial score (nSPS) is 16.3. The van der Waals surface area contributed by atoms with E-state index < -0.39 is 21.7 Å². The second-order valence-electron chi connectivity index (χ2n) is 6.99. The number of ether oxygens (including phenoxy) is 1. The van der Waals surface area contributed by atoms with Gasteiger partial charge in [0.2, 0.25) is 10.0 Å². The Morgan fingerprint density at radius 2 is 2.03 bits per heavy atom. The summed E-state index contributed by atoms with van der Waals surface area (Å²) < 4.78 is 37.6. The molecule has 1 atom stereocenters. The van der Waals surface area contributed by atoms with E-state index in [1.807, 2.05) is 0 Å². The Hall–Kier alpha value is -3.28. The van der Waals surface area contributed by atoms with Gasteiger partial charge in [-0.2, -0.15) is 0 Å². The van der Waals surface area contributed by atoms with Crippen LogP contribution in [0.4, 0.5) is 5.69 Å². The fourth-order valence-electron chi connectivity index (χ4n) is 3.20. The Labute approximate surface area is 177 Å². The summed E-state index contributed by atoms with van der Waals surface area (Å²) in [6.07, 6.45) is 1.59. The number of anilines is 1. The molecule has 3 aromatic rings. The average molecular weight is 444 g/mol. The molecule has 10 nitrogen and oxygen atoms in total. The summed E-state index contributed by atoms with van der Waals surface area (Å²) in [4.78, 5) is 26.2. The summed E-state index contributed by atoms with van der Waals surface area (Å²) in [5, 5.41) is 6.32. The first-order valence-corrected chi connectivity index (χ1v) is 11.1. The Morgan fingerprint density at radius 1 is 1.19 bits per heavy atom. The fourth-order valence-corrected chi connectivity index (χ4v) is 4.31. The molecule has 0 saturated carbocycles. The molecular weight excluding hydrogens is 424 g/mol. The van der Waals surface area contributed by atoms with E-state index in [9.17, 15) is 18.0 Å². The molecular formula is C20H20N4O6S. The third kappa shape index (κ3) is 5.08. The van der Waals surface area contributed by atoms with E-state index in [1.165, 1.54) is 24.3 Å². The van der Waals surface area contributed by atoms with E-state index in [0.717, 1.165) is 12.8 Å². The number of hydrogen-bond acceptors (Lipinski definition) is 7. The minimum atomic E-state index is -3.78. The molecule has 1 aliphatic rings. The molecule has 0 bridgehead atoms. The second kappa shape index (κ2) is 8.84. The highest BCUT2D eigenvalue weighted by molar-refractivity contribution is 7.89. The molecule has 0 radical (unpaired) electrons. The van der Waals surface area contributed by atoms with Crippen LogP contribution >= 0.6 is 0 Å². The van der Waals surface area contributed by atoms with Crippen molar-refractivity contribution in [3.63, 3.8) is 0 Å². The first kappa shape index (κ1) is 21.0. The zero-order valence-electron chi connectivity index (χ0n) is 16.3. The van der Waals surface area contributed by atoms with Crippen LogP contribution in [0.25, 0.3) is 11.4 Å². The molecule has 1 unspecified atom stereocenters. The van der Waals surface area contributed by atoms with Crippen LogP contribution in [0.5, 0.6) is 0 Å². The van der Waals surface area contributed by atoms with E-state index >= 15 is 0 Å². The van der Waals surface area contributed by atoms with Gasteiger partial charge in [-0.05, 0) is 43.2 Å². The van der Waals surface area contributed by atoms with E-state index in [0.29, 0.717) is 17.9 Å². The van der Waals surface area contributed by atoms with Crippen LogP contribution in [-0.2, 0) is 14.8 Å². The SMILES string of the molecule is O=C(Nc1cccc(-c2noc(=O)[nH]2)c1)c1cccc(S(=O)(=O)NCC2CCCO2)c1. The summed E-state index contributed by atoms with van der Waals surface area (Å²) in [6.45, 7) is 0.825.